The van der Waals surface area contributed by atoms with Crippen LogP contribution in [0.1, 0.15) is 36.0 Å². The van der Waals surface area contributed by atoms with Crippen LogP contribution in [0.25, 0.3) is 16.7 Å². The number of aromatic nitrogens is 3. The third kappa shape index (κ3) is 5.25. The van der Waals surface area contributed by atoms with Crippen LogP contribution in [0.3, 0.4) is 0 Å². The number of benzene rings is 1. The first-order valence-electron chi connectivity index (χ1n) is 10.7. The first-order valence-corrected chi connectivity index (χ1v) is 12.8. The standard InChI is InChI=1S/C22H28N6O4S/c1-32-18-5-3-4-17-20(18)16(21(23)29)12-28(17)19-10-11-24-22(27-19)26-15-8-6-14(7-9-15)25-13-33(2,30)31/h3-5,10-12,14-15,25H,6-9,13H2,1-2H3,(H2,23,29)(H,24,26,27). The summed E-state index contributed by atoms with van der Waals surface area (Å²) in [6.45, 7) is 0. The van der Waals surface area contributed by atoms with Crippen molar-refractivity contribution in [3.63, 3.8) is 0 Å². The largest absolute Gasteiger partial charge is 0.496 e. The molecule has 1 aliphatic carbocycles. The van der Waals surface area contributed by atoms with E-state index in [0.717, 1.165) is 31.2 Å². The highest BCUT2D eigenvalue weighted by Crippen LogP contribution is 2.32. The summed E-state index contributed by atoms with van der Waals surface area (Å²) >= 11 is 0. The fourth-order valence-electron chi connectivity index (χ4n) is 4.25. The molecule has 0 saturated heterocycles. The van der Waals surface area contributed by atoms with Crippen molar-refractivity contribution in [2.24, 2.45) is 5.73 Å². The summed E-state index contributed by atoms with van der Waals surface area (Å²) in [4.78, 5) is 21.1. The van der Waals surface area contributed by atoms with Gasteiger partial charge in [-0.2, -0.15) is 4.98 Å². The zero-order valence-electron chi connectivity index (χ0n) is 18.6. The number of amides is 1. The monoisotopic (exact) mass is 472 g/mol. The number of hydrogen-bond donors (Lipinski definition) is 3. The van der Waals surface area contributed by atoms with Crippen molar-refractivity contribution in [1.29, 1.82) is 0 Å². The molecule has 0 aliphatic heterocycles. The number of nitrogens with two attached hydrogens (primary N) is 1. The maximum Gasteiger partial charge on any atom is 0.251 e. The highest BCUT2D eigenvalue weighted by atomic mass is 32.2. The number of ether oxygens (including phenoxy) is 1. The van der Waals surface area contributed by atoms with Gasteiger partial charge in [0.05, 0.1) is 29.5 Å². The number of hydrogen-bond acceptors (Lipinski definition) is 8. The molecule has 1 saturated carbocycles. The topological polar surface area (TPSA) is 141 Å². The second kappa shape index (κ2) is 9.36. The summed E-state index contributed by atoms with van der Waals surface area (Å²) in [7, 11) is -1.48. The molecule has 2 heterocycles. The van der Waals surface area contributed by atoms with E-state index >= 15 is 0 Å². The van der Waals surface area contributed by atoms with Crippen molar-refractivity contribution >= 4 is 32.6 Å². The molecule has 1 aliphatic rings. The van der Waals surface area contributed by atoms with E-state index in [1.54, 1.807) is 36.2 Å². The van der Waals surface area contributed by atoms with Crippen molar-refractivity contribution in [2.45, 2.75) is 37.8 Å². The zero-order valence-corrected chi connectivity index (χ0v) is 19.4. The molecule has 4 N–H and O–H groups in total. The van der Waals surface area contributed by atoms with Crippen molar-refractivity contribution < 1.29 is 17.9 Å². The number of fused-ring (bicyclic) bond motifs is 1. The van der Waals surface area contributed by atoms with Crippen LogP contribution in [0.15, 0.2) is 36.7 Å². The van der Waals surface area contributed by atoms with Gasteiger partial charge in [-0.3, -0.25) is 4.79 Å². The Morgan fingerprint density at radius 3 is 2.61 bits per heavy atom. The molecule has 10 nitrogen and oxygen atoms in total. The molecule has 0 unspecified atom stereocenters. The number of anilines is 1. The number of sulfone groups is 1. The Balaban J connectivity index is 1.52. The van der Waals surface area contributed by atoms with Crippen molar-refractivity contribution in [3.8, 4) is 11.6 Å². The van der Waals surface area contributed by atoms with Gasteiger partial charge in [0.1, 0.15) is 11.6 Å². The van der Waals surface area contributed by atoms with E-state index in [0.29, 0.717) is 28.5 Å². The number of nitrogens with zero attached hydrogens (tertiary/aromatic N) is 3. The molecule has 0 bridgehead atoms. The minimum absolute atomic E-state index is 0.00379. The maximum absolute atomic E-state index is 12.1. The molecule has 33 heavy (non-hydrogen) atoms. The van der Waals surface area contributed by atoms with E-state index in [-0.39, 0.29) is 18.0 Å². The van der Waals surface area contributed by atoms with Gasteiger partial charge in [-0.05, 0) is 43.9 Å². The summed E-state index contributed by atoms with van der Waals surface area (Å²) in [5.74, 6) is 1.11. The van der Waals surface area contributed by atoms with Crippen LogP contribution in [0.4, 0.5) is 5.95 Å². The molecule has 2 aromatic heterocycles. The molecule has 11 heteroatoms. The lowest BCUT2D eigenvalue weighted by molar-refractivity contribution is 0.100. The minimum Gasteiger partial charge on any atom is -0.496 e. The van der Waals surface area contributed by atoms with Crippen molar-refractivity contribution in [2.75, 3.05) is 24.6 Å². The fourth-order valence-corrected chi connectivity index (χ4v) is 4.79. The summed E-state index contributed by atoms with van der Waals surface area (Å²) in [6, 6.07) is 7.66. The average molecular weight is 473 g/mol. The number of nitrogens with one attached hydrogen (secondary N) is 2. The Labute approximate surface area is 192 Å². The Morgan fingerprint density at radius 1 is 1.21 bits per heavy atom. The quantitative estimate of drug-likeness (QED) is 0.451. The van der Waals surface area contributed by atoms with Gasteiger partial charge in [-0.25, -0.2) is 13.4 Å². The third-order valence-electron chi connectivity index (χ3n) is 5.86. The van der Waals surface area contributed by atoms with Crippen molar-refractivity contribution in [3.05, 3.63) is 42.2 Å². The number of rotatable bonds is 8. The number of carbonyl (C=O) groups is 1. The predicted octanol–water partition coefficient (Wildman–Crippen LogP) is 1.84. The number of methoxy groups -OCH3 is 1. The molecule has 3 aromatic rings. The lowest BCUT2D eigenvalue weighted by Gasteiger charge is -2.29. The first kappa shape index (κ1) is 23.0. The molecule has 0 atom stereocenters. The Kier molecular flexibility index (Phi) is 6.52. The Hall–Kier alpha value is -3.18. The first-order chi connectivity index (χ1) is 15.7. The van der Waals surface area contributed by atoms with Gasteiger partial charge < -0.3 is 25.7 Å². The van der Waals surface area contributed by atoms with Crippen LogP contribution in [0.5, 0.6) is 5.75 Å². The summed E-state index contributed by atoms with van der Waals surface area (Å²) in [5.41, 5.74) is 6.73. The van der Waals surface area contributed by atoms with Crippen molar-refractivity contribution in [1.82, 2.24) is 19.9 Å². The Bertz CT molecular complexity index is 1270. The molecule has 0 radical (unpaired) electrons. The lowest BCUT2D eigenvalue weighted by Crippen LogP contribution is -2.39. The van der Waals surface area contributed by atoms with Gasteiger partial charge >= 0.3 is 0 Å². The van der Waals surface area contributed by atoms with Gasteiger partial charge in [0.2, 0.25) is 5.95 Å². The van der Waals surface area contributed by atoms with E-state index in [1.165, 1.54) is 6.26 Å². The van der Waals surface area contributed by atoms with E-state index in [2.05, 4.69) is 20.6 Å². The van der Waals surface area contributed by atoms with Gasteiger partial charge in [-0.15, -0.1) is 0 Å². The molecule has 176 valence electrons. The Morgan fingerprint density at radius 2 is 1.94 bits per heavy atom. The third-order valence-corrected chi connectivity index (χ3v) is 6.55. The van der Waals surface area contributed by atoms with Crippen LogP contribution in [0, 0.1) is 0 Å². The zero-order chi connectivity index (χ0) is 23.6. The average Bonchev–Trinajstić information content (AvgIpc) is 3.19. The van der Waals surface area contributed by atoms with Gasteiger partial charge in [0, 0.05) is 30.7 Å². The lowest BCUT2D eigenvalue weighted by atomic mass is 9.91. The molecule has 1 aromatic carbocycles. The molecule has 0 spiro atoms. The molecule has 1 fully saturated rings. The summed E-state index contributed by atoms with van der Waals surface area (Å²) in [6.07, 6.45) is 8.07. The highest BCUT2D eigenvalue weighted by Gasteiger charge is 2.23. The van der Waals surface area contributed by atoms with Crippen LogP contribution in [-0.2, 0) is 9.84 Å². The molecular formula is C22H28N6O4S. The molecule has 4 rings (SSSR count). The van der Waals surface area contributed by atoms with E-state index in [4.69, 9.17) is 10.5 Å². The van der Waals surface area contributed by atoms with Gasteiger partial charge in [-0.1, -0.05) is 6.07 Å². The van der Waals surface area contributed by atoms with Gasteiger partial charge in [0.15, 0.2) is 9.84 Å². The summed E-state index contributed by atoms with van der Waals surface area (Å²) in [5, 5.41) is 7.14. The SMILES string of the molecule is COc1cccc2c1c(C(N)=O)cn2-c1ccnc(NC2CCC(NCS(C)(=O)=O)CC2)n1. The fraction of sp³-hybridized carbons (Fsp3) is 0.409. The summed E-state index contributed by atoms with van der Waals surface area (Å²) < 4.78 is 30.0. The maximum atomic E-state index is 12.1. The van der Waals surface area contributed by atoms with Crippen LogP contribution >= 0.6 is 0 Å². The second-order valence-electron chi connectivity index (χ2n) is 8.34. The van der Waals surface area contributed by atoms with E-state index < -0.39 is 15.7 Å². The van der Waals surface area contributed by atoms with Crippen LogP contribution in [-0.4, -0.2) is 60.2 Å². The second-order valence-corrected chi connectivity index (χ2v) is 10.5. The normalized spacial score (nSPS) is 18.8. The van der Waals surface area contributed by atoms with E-state index in [1.807, 2.05) is 12.1 Å². The highest BCUT2D eigenvalue weighted by molar-refractivity contribution is 7.90. The van der Waals surface area contributed by atoms with Crippen LogP contribution in [0.2, 0.25) is 0 Å². The molecular weight excluding hydrogens is 444 g/mol. The number of carbonyl (C=O) groups excluding carboxylic acids is 1. The predicted molar refractivity (Wildman–Crippen MR) is 126 cm³/mol. The molecule has 1 amide bonds. The number of primary amides is 1. The smallest absolute Gasteiger partial charge is 0.251 e. The van der Waals surface area contributed by atoms with E-state index in [9.17, 15) is 13.2 Å². The van der Waals surface area contributed by atoms with Crippen LogP contribution < -0.4 is 21.1 Å². The minimum atomic E-state index is -3.03. The van der Waals surface area contributed by atoms with Gasteiger partial charge in [0.25, 0.3) is 5.91 Å².